The van der Waals surface area contributed by atoms with Crippen molar-refractivity contribution in [3.05, 3.63) is 10.2 Å². The molecule has 11 heteroatoms. The lowest BCUT2D eigenvalue weighted by Gasteiger charge is -2.33. The van der Waals surface area contributed by atoms with Gasteiger partial charge in [-0.05, 0) is 6.92 Å². The fourth-order valence-corrected chi connectivity index (χ4v) is 5.38. The Balaban J connectivity index is 2.06. The Hall–Kier alpha value is -0.420. The highest BCUT2D eigenvalue weighted by molar-refractivity contribution is 7.91. The van der Waals surface area contributed by atoms with E-state index in [1.54, 1.807) is 0 Å². The molecule has 0 radical (unpaired) electrons. The predicted octanol–water partition coefficient (Wildman–Crippen LogP) is 1.97. The van der Waals surface area contributed by atoms with Crippen LogP contribution in [0, 0.1) is 6.92 Å². The van der Waals surface area contributed by atoms with Gasteiger partial charge in [-0.2, -0.15) is 17.5 Å². The molecule has 0 spiro atoms. The Morgan fingerprint density at radius 2 is 1.86 bits per heavy atom. The molecule has 0 N–H and O–H groups in total. The first kappa shape index (κ1) is 16.9. The minimum absolute atomic E-state index is 0.0212. The number of piperazine rings is 1. The van der Waals surface area contributed by atoms with E-state index in [2.05, 4.69) is 4.98 Å². The van der Waals surface area contributed by atoms with Crippen LogP contribution in [0.4, 0.5) is 13.2 Å². The largest absolute Gasteiger partial charge is 0.401 e. The molecule has 21 heavy (non-hydrogen) atoms. The van der Waals surface area contributed by atoms with Gasteiger partial charge in [0, 0.05) is 26.2 Å². The maximum absolute atomic E-state index is 12.4. The van der Waals surface area contributed by atoms with Crippen molar-refractivity contribution in [2.24, 2.45) is 0 Å². The van der Waals surface area contributed by atoms with Crippen molar-refractivity contribution in [3.8, 4) is 0 Å². The van der Waals surface area contributed by atoms with Gasteiger partial charge in [-0.3, -0.25) is 4.90 Å². The van der Waals surface area contributed by atoms with Crippen LogP contribution in [0.1, 0.15) is 5.69 Å². The highest BCUT2D eigenvalue weighted by Gasteiger charge is 2.36. The molecule has 5 nitrogen and oxygen atoms in total. The summed E-state index contributed by atoms with van der Waals surface area (Å²) in [5.74, 6) is 0. The lowest BCUT2D eigenvalue weighted by molar-refractivity contribution is -0.148. The maximum Gasteiger partial charge on any atom is 0.401 e. The van der Waals surface area contributed by atoms with E-state index in [1.165, 1.54) is 16.1 Å². The molecule has 2 heterocycles. The van der Waals surface area contributed by atoms with Gasteiger partial charge in [0.25, 0.3) is 10.0 Å². The van der Waals surface area contributed by atoms with Crippen LogP contribution >= 0.6 is 22.9 Å². The van der Waals surface area contributed by atoms with Gasteiger partial charge < -0.3 is 0 Å². The highest BCUT2D eigenvalue weighted by atomic mass is 35.5. The number of hydrogen-bond acceptors (Lipinski definition) is 5. The molecule has 1 aromatic rings. The number of sulfonamides is 1. The Morgan fingerprint density at radius 1 is 1.29 bits per heavy atom. The molecule has 0 aromatic carbocycles. The highest BCUT2D eigenvalue weighted by Crippen LogP contribution is 2.30. The van der Waals surface area contributed by atoms with E-state index in [-0.39, 0.29) is 34.9 Å². The summed E-state index contributed by atoms with van der Waals surface area (Å²) in [5.41, 5.74) is 0.308. The predicted molar refractivity (Wildman–Crippen MR) is 73.1 cm³/mol. The third-order valence-corrected chi connectivity index (χ3v) is 6.78. The fraction of sp³-hybridized carbons (Fsp3) is 0.700. The fourth-order valence-electron chi connectivity index (χ4n) is 2.09. The van der Waals surface area contributed by atoms with Crippen LogP contribution in [0.25, 0.3) is 0 Å². The summed E-state index contributed by atoms with van der Waals surface area (Å²) in [6.45, 7) is 0.650. The summed E-state index contributed by atoms with van der Waals surface area (Å²) in [6.07, 6.45) is -4.27. The molecule has 0 amide bonds. The standard InChI is InChI=1S/C10H13ClF3N3O2S2/c1-7-8(20-9(11)15-7)21(18,19)17-4-2-16(3-5-17)6-10(12,13)14/h2-6H2,1H3. The summed E-state index contributed by atoms with van der Waals surface area (Å²) in [4.78, 5) is 5.05. The molecule has 120 valence electrons. The number of rotatable bonds is 3. The second-order valence-electron chi connectivity index (χ2n) is 4.64. The molecule has 1 aliphatic heterocycles. The molecule has 0 unspecified atom stereocenters. The van der Waals surface area contributed by atoms with Gasteiger partial charge in [0.05, 0.1) is 12.2 Å². The van der Waals surface area contributed by atoms with E-state index < -0.39 is 22.7 Å². The number of alkyl halides is 3. The van der Waals surface area contributed by atoms with Crippen molar-refractivity contribution >= 4 is 33.0 Å². The van der Waals surface area contributed by atoms with Gasteiger partial charge in [-0.1, -0.05) is 22.9 Å². The SMILES string of the molecule is Cc1nc(Cl)sc1S(=O)(=O)N1CCN(CC(F)(F)F)CC1. The lowest BCUT2D eigenvalue weighted by Crippen LogP contribution is -2.50. The van der Waals surface area contributed by atoms with Crippen LogP contribution in [-0.4, -0.2) is 61.5 Å². The molecule has 0 bridgehead atoms. The normalized spacial score (nSPS) is 19.1. The molecule has 1 fully saturated rings. The monoisotopic (exact) mass is 363 g/mol. The van der Waals surface area contributed by atoms with Crippen molar-refractivity contribution in [1.82, 2.24) is 14.2 Å². The van der Waals surface area contributed by atoms with E-state index in [0.29, 0.717) is 5.69 Å². The molecule has 0 atom stereocenters. The number of aryl methyl sites for hydroxylation is 1. The molecule has 1 saturated heterocycles. The Kier molecular flexibility index (Phi) is 4.84. The quantitative estimate of drug-likeness (QED) is 0.824. The molecule has 0 saturated carbocycles. The molecule has 1 aliphatic rings. The second kappa shape index (κ2) is 5.99. The first-order chi connectivity index (χ1) is 9.59. The summed E-state index contributed by atoms with van der Waals surface area (Å²) >= 11 is 6.55. The summed E-state index contributed by atoms with van der Waals surface area (Å²) in [6, 6.07) is 0. The molecule has 2 rings (SSSR count). The zero-order valence-corrected chi connectivity index (χ0v) is 13.4. The summed E-state index contributed by atoms with van der Waals surface area (Å²) in [7, 11) is -3.74. The molecular weight excluding hydrogens is 351 g/mol. The zero-order chi connectivity index (χ0) is 15.8. The maximum atomic E-state index is 12.4. The van der Waals surface area contributed by atoms with E-state index in [4.69, 9.17) is 11.6 Å². The molecule has 0 aliphatic carbocycles. The Bertz CT molecular complexity index is 610. The number of hydrogen-bond donors (Lipinski definition) is 0. The van der Waals surface area contributed by atoms with Crippen LogP contribution < -0.4 is 0 Å². The number of thiazole rings is 1. The third-order valence-electron chi connectivity index (χ3n) is 3.04. The van der Waals surface area contributed by atoms with Crippen LogP contribution in [0.2, 0.25) is 4.47 Å². The first-order valence-corrected chi connectivity index (χ1v) is 8.65. The van der Waals surface area contributed by atoms with Crippen molar-refractivity contribution in [2.45, 2.75) is 17.3 Å². The number of nitrogens with zero attached hydrogens (tertiary/aromatic N) is 3. The van der Waals surface area contributed by atoms with Crippen LogP contribution in [0.3, 0.4) is 0 Å². The van der Waals surface area contributed by atoms with Gasteiger partial charge >= 0.3 is 6.18 Å². The van der Waals surface area contributed by atoms with Gasteiger partial charge in [0.1, 0.15) is 0 Å². The van der Waals surface area contributed by atoms with Gasteiger partial charge in [0.2, 0.25) is 0 Å². The lowest BCUT2D eigenvalue weighted by atomic mass is 10.3. The molecule has 1 aromatic heterocycles. The van der Waals surface area contributed by atoms with Crippen LogP contribution in [-0.2, 0) is 10.0 Å². The van der Waals surface area contributed by atoms with E-state index >= 15 is 0 Å². The van der Waals surface area contributed by atoms with E-state index in [9.17, 15) is 21.6 Å². The van der Waals surface area contributed by atoms with Crippen LogP contribution in [0.15, 0.2) is 4.21 Å². The topological polar surface area (TPSA) is 53.5 Å². The van der Waals surface area contributed by atoms with Gasteiger partial charge in [-0.25, -0.2) is 13.4 Å². The average molecular weight is 364 g/mol. The summed E-state index contributed by atoms with van der Waals surface area (Å²) in [5, 5.41) is 0. The number of aromatic nitrogens is 1. The van der Waals surface area contributed by atoms with Crippen LogP contribution in [0.5, 0.6) is 0 Å². The number of halogens is 4. The zero-order valence-electron chi connectivity index (χ0n) is 11.0. The summed E-state index contributed by atoms with van der Waals surface area (Å²) < 4.78 is 63.1. The van der Waals surface area contributed by atoms with Crippen molar-refractivity contribution in [2.75, 3.05) is 32.7 Å². The van der Waals surface area contributed by atoms with Crippen molar-refractivity contribution in [1.29, 1.82) is 0 Å². The minimum atomic E-state index is -4.27. The smallest absolute Gasteiger partial charge is 0.292 e. The third kappa shape index (κ3) is 4.07. The minimum Gasteiger partial charge on any atom is -0.292 e. The first-order valence-electron chi connectivity index (χ1n) is 6.02. The van der Waals surface area contributed by atoms with Gasteiger partial charge in [0.15, 0.2) is 8.68 Å². The Labute approximate surface area is 129 Å². The Morgan fingerprint density at radius 3 is 2.29 bits per heavy atom. The van der Waals surface area contributed by atoms with E-state index in [0.717, 1.165) is 11.3 Å². The van der Waals surface area contributed by atoms with Gasteiger partial charge in [-0.15, -0.1) is 0 Å². The van der Waals surface area contributed by atoms with E-state index in [1.807, 2.05) is 0 Å². The average Bonchev–Trinajstić information content (AvgIpc) is 2.68. The molecular formula is C10H13ClF3N3O2S2. The second-order valence-corrected chi connectivity index (χ2v) is 8.35. The van der Waals surface area contributed by atoms with Crippen molar-refractivity contribution < 1.29 is 21.6 Å². The van der Waals surface area contributed by atoms with Crippen molar-refractivity contribution in [3.63, 3.8) is 0 Å².